The fourth-order valence-electron chi connectivity index (χ4n) is 5.34. The van der Waals surface area contributed by atoms with Gasteiger partial charge in [0.15, 0.2) is 6.29 Å². The second-order valence-electron chi connectivity index (χ2n) is 11.6. The Morgan fingerprint density at radius 3 is 2.45 bits per heavy atom. The number of rotatable bonds is 7. The molecule has 1 fully saturated rings. The third-order valence-corrected chi connectivity index (χ3v) is 7.89. The summed E-state index contributed by atoms with van der Waals surface area (Å²) in [5, 5.41) is 7.99. The second kappa shape index (κ2) is 12.5. The number of morpholine rings is 1. The van der Waals surface area contributed by atoms with Crippen LogP contribution in [0, 0.1) is 0 Å². The molecule has 2 unspecified atom stereocenters. The van der Waals surface area contributed by atoms with E-state index in [9.17, 15) is 4.79 Å². The average molecular weight is 569 g/mol. The van der Waals surface area contributed by atoms with Crippen LogP contribution in [0.25, 0.3) is 21.9 Å². The number of fused-ring (bicyclic) bond motifs is 1. The molecule has 0 saturated carbocycles. The standard InChI is InChI=1S/C34H40N4O4/c1-22(38-17-18-42-32(21-38)41-6)28-14-11-23(20-35-28)25-13-15-29(27-10-8-7-9-26(25)27)36-33(39)37-30-19-24(34(2,3)4)12-16-31(30)40-5/h7-16,19-20,22,32H,17-18,21H2,1-6H3,(H2,36,37,39). The van der Waals surface area contributed by atoms with E-state index in [1.165, 1.54) is 0 Å². The molecule has 1 saturated heterocycles. The van der Waals surface area contributed by atoms with Crippen LogP contribution in [-0.4, -0.2) is 56.1 Å². The molecule has 2 amide bonds. The Morgan fingerprint density at radius 1 is 1.00 bits per heavy atom. The lowest BCUT2D eigenvalue weighted by Crippen LogP contribution is -2.44. The van der Waals surface area contributed by atoms with E-state index in [0.717, 1.165) is 45.4 Å². The van der Waals surface area contributed by atoms with E-state index in [2.05, 4.69) is 61.4 Å². The predicted molar refractivity (Wildman–Crippen MR) is 168 cm³/mol. The average Bonchev–Trinajstić information content (AvgIpc) is 3.00. The minimum Gasteiger partial charge on any atom is -0.495 e. The number of carbonyl (C=O) groups excluding carboxylic acids is 1. The molecule has 0 radical (unpaired) electrons. The van der Waals surface area contributed by atoms with Crippen LogP contribution >= 0.6 is 0 Å². The van der Waals surface area contributed by atoms with Crippen LogP contribution in [0.4, 0.5) is 16.2 Å². The second-order valence-corrected chi connectivity index (χ2v) is 11.6. The van der Waals surface area contributed by atoms with Gasteiger partial charge < -0.3 is 24.8 Å². The van der Waals surface area contributed by atoms with Gasteiger partial charge in [-0.2, -0.15) is 0 Å². The number of benzene rings is 3. The maximum atomic E-state index is 13.2. The van der Waals surface area contributed by atoms with Gasteiger partial charge >= 0.3 is 6.03 Å². The summed E-state index contributed by atoms with van der Waals surface area (Å²) in [6.45, 7) is 10.8. The molecule has 1 aliphatic rings. The number of pyridine rings is 1. The number of carbonyl (C=O) groups is 1. The van der Waals surface area contributed by atoms with Crippen molar-refractivity contribution in [2.24, 2.45) is 0 Å². The molecule has 2 N–H and O–H groups in total. The number of ether oxygens (including phenoxy) is 3. The molecule has 5 rings (SSSR count). The van der Waals surface area contributed by atoms with E-state index in [1.54, 1.807) is 14.2 Å². The SMILES string of the molecule is COc1ccc(C(C)(C)C)cc1NC(=O)Nc1ccc(-c2ccc(C(C)N3CCOC(OC)C3)nc2)c2ccccc12. The van der Waals surface area contributed by atoms with Gasteiger partial charge in [-0.05, 0) is 53.1 Å². The van der Waals surface area contributed by atoms with Crippen LogP contribution in [0.1, 0.15) is 45.0 Å². The number of nitrogens with one attached hydrogen (secondary N) is 2. The quantitative estimate of drug-likeness (QED) is 0.245. The monoisotopic (exact) mass is 568 g/mol. The molecule has 8 heteroatoms. The van der Waals surface area contributed by atoms with Gasteiger partial charge in [0, 0.05) is 36.8 Å². The smallest absolute Gasteiger partial charge is 0.323 e. The van der Waals surface area contributed by atoms with Gasteiger partial charge in [0.05, 0.1) is 37.3 Å². The Morgan fingerprint density at radius 2 is 1.76 bits per heavy atom. The minimum absolute atomic E-state index is 0.0636. The third-order valence-electron chi connectivity index (χ3n) is 7.89. The first-order valence-corrected chi connectivity index (χ1v) is 14.3. The van der Waals surface area contributed by atoms with Crippen LogP contribution in [-0.2, 0) is 14.9 Å². The first-order chi connectivity index (χ1) is 20.2. The zero-order chi connectivity index (χ0) is 29.9. The van der Waals surface area contributed by atoms with Gasteiger partial charge in [-0.25, -0.2) is 4.79 Å². The molecule has 42 heavy (non-hydrogen) atoms. The molecule has 4 aromatic rings. The van der Waals surface area contributed by atoms with Gasteiger partial charge in [0.1, 0.15) is 5.75 Å². The highest BCUT2D eigenvalue weighted by atomic mass is 16.7. The molecule has 3 aromatic carbocycles. The third kappa shape index (κ3) is 6.41. The lowest BCUT2D eigenvalue weighted by atomic mass is 9.87. The topological polar surface area (TPSA) is 85.0 Å². The van der Waals surface area contributed by atoms with Gasteiger partial charge in [0.25, 0.3) is 0 Å². The Labute approximate surface area is 248 Å². The molecule has 0 aliphatic carbocycles. The Hall–Kier alpha value is -3.98. The summed E-state index contributed by atoms with van der Waals surface area (Å²) in [5.41, 5.74) is 5.44. The maximum absolute atomic E-state index is 13.2. The van der Waals surface area contributed by atoms with E-state index >= 15 is 0 Å². The first-order valence-electron chi connectivity index (χ1n) is 14.3. The number of urea groups is 1. The van der Waals surface area contributed by atoms with Gasteiger partial charge in [-0.1, -0.05) is 63.2 Å². The predicted octanol–water partition coefficient (Wildman–Crippen LogP) is 7.22. The Balaban J connectivity index is 1.36. The summed E-state index contributed by atoms with van der Waals surface area (Å²) in [5.74, 6) is 0.607. The maximum Gasteiger partial charge on any atom is 0.323 e. The summed E-state index contributed by atoms with van der Waals surface area (Å²) in [6.07, 6.45) is 1.72. The van der Waals surface area contributed by atoms with Crippen molar-refractivity contribution >= 4 is 28.2 Å². The molecule has 220 valence electrons. The fraction of sp³-hybridized carbons (Fsp3) is 0.353. The van der Waals surface area contributed by atoms with E-state index in [-0.39, 0.29) is 23.8 Å². The first kappa shape index (κ1) is 29.5. The van der Waals surface area contributed by atoms with E-state index in [1.807, 2.05) is 54.7 Å². The number of anilines is 2. The van der Waals surface area contributed by atoms with Crippen LogP contribution in [0.15, 0.2) is 72.9 Å². The van der Waals surface area contributed by atoms with E-state index < -0.39 is 0 Å². The summed E-state index contributed by atoms with van der Waals surface area (Å²) in [7, 11) is 3.27. The number of aromatic nitrogens is 1. The molecule has 2 heterocycles. The molecule has 1 aromatic heterocycles. The van der Waals surface area contributed by atoms with Crippen molar-refractivity contribution in [3.8, 4) is 16.9 Å². The highest BCUT2D eigenvalue weighted by Crippen LogP contribution is 2.35. The fourth-order valence-corrected chi connectivity index (χ4v) is 5.34. The van der Waals surface area contributed by atoms with Crippen molar-refractivity contribution in [1.82, 2.24) is 9.88 Å². The van der Waals surface area contributed by atoms with Crippen LogP contribution < -0.4 is 15.4 Å². The zero-order valence-corrected chi connectivity index (χ0v) is 25.2. The highest BCUT2D eigenvalue weighted by Gasteiger charge is 2.25. The molecule has 0 bridgehead atoms. The molecule has 2 atom stereocenters. The molecule has 0 spiro atoms. The number of amides is 2. The van der Waals surface area contributed by atoms with E-state index in [4.69, 9.17) is 19.2 Å². The van der Waals surface area contributed by atoms with Crippen molar-refractivity contribution < 1.29 is 19.0 Å². The molecular formula is C34H40N4O4. The lowest BCUT2D eigenvalue weighted by Gasteiger charge is -2.35. The van der Waals surface area contributed by atoms with Gasteiger partial charge in [-0.3, -0.25) is 9.88 Å². The van der Waals surface area contributed by atoms with E-state index in [0.29, 0.717) is 24.6 Å². The number of hydrogen-bond donors (Lipinski definition) is 2. The van der Waals surface area contributed by atoms with Crippen molar-refractivity contribution in [2.45, 2.75) is 45.4 Å². The summed E-state index contributed by atoms with van der Waals surface area (Å²) in [4.78, 5) is 20.3. The minimum atomic E-state index is -0.337. The highest BCUT2D eigenvalue weighted by molar-refractivity contribution is 6.10. The Kier molecular flexibility index (Phi) is 8.77. The summed E-state index contributed by atoms with van der Waals surface area (Å²) >= 11 is 0. The summed E-state index contributed by atoms with van der Waals surface area (Å²) < 4.78 is 16.5. The van der Waals surface area contributed by atoms with Crippen molar-refractivity contribution in [3.05, 3.63) is 84.2 Å². The normalized spacial score (nSPS) is 16.7. The zero-order valence-electron chi connectivity index (χ0n) is 25.2. The Bertz CT molecular complexity index is 1550. The lowest BCUT2D eigenvalue weighted by molar-refractivity contribution is -0.170. The van der Waals surface area contributed by atoms with Crippen molar-refractivity contribution in [1.29, 1.82) is 0 Å². The molecular weight excluding hydrogens is 528 g/mol. The van der Waals surface area contributed by atoms with Crippen molar-refractivity contribution in [2.75, 3.05) is 44.5 Å². The van der Waals surface area contributed by atoms with Gasteiger partial charge in [0.2, 0.25) is 0 Å². The molecule has 8 nitrogen and oxygen atoms in total. The van der Waals surface area contributed by atoms with Crippen LogP contribution in [0.3, 0.4) is 0 Å². The van der Waals surface area contributed by atoms with Crippen molar-refractivity contribution in [3.63, 3.8) is 0 Å². The van der Waals surface area contributed by atoms with Crippen LogP contribution in [0.5, 0.6) is 5.75 Å². The summed E-state index contributed by atoms with van der Waals surface area (Å²) in [6, 6.07) is 21.9. The molecule has 1 aliphatic heterocycles. The van der Waals surface area contributed by atoms with Gasteiger partial charge in [-0.15, -0.1) is 0 Å². The number of hydrogen-bond acceptors (Lipinski definition) is 6. The number of methoxy groups -OCH3 is 2. The van der Waals surface area contributed by atoms with Crippen LogP contribution in [0.2, 0.25) is 0 Å². The largest absolute Gasteiger partial charge is 0.495 e. The number of nitrogens with zero attached hydrogens (tertiary/aromatic N) is 2.